The quantitative estimate of drug-likeness (QED) is 0.356. The fourth-order valence-corrected chi connectivity index (χ4v) is 4.04. The van der Waals surface area contributed by atoms with Crippen molar-refractivity contribution in [3.05, 3.63) is 62.9 Å². The minimum atomic E-state index is -0.437. The van der Waals surface area contributed by atoms with Crippen LogP contribution in [0.1, 0.15) is 10.4 Å². The molecule has 9 heteroatoms. The van der Waals surface area contributed by atoms with Gasteiger partial charge in [0.15, 0.2) is 4.80 Å². The highest BCUT2D eigenvalue weighted by molar-refractivity contribution is 7.98. The van der Waals surface area contributed by atoms with E-state index in [0.717, 1.165) is 10.4 Å². The van der Waals surface area contributed by atoms with Crippen molar-refractivity contribution in [1.82, 2.24) is 4.57 Å². The molecule has 0 N–H and O–H groups in total. The number of thioether (sulfide) groups is 1. The number of carbonyl (C=O) groups excluding carboxylic acids is 1. The molecule has 0 spiro atoms. The van der Waals surface area contributed by atoms with E-state index in [4.69, 9.17) is 4.74 Å². The fraction of sp³-hybridized carbons (Fsp3) is 0.222. The summed E-state index contributed by atoms with van der Waals surface area (Å²) in [4.78, 5) is 29.0. The molecule has 1 heterocycles. The number of amides is 1. The topological polar surface area (TPSA) is 86.7 Å². The van der Waals surface area contributed by atoms with E-state index < -0.39 is 4.92 Å². The molecule has 0 saturated heterocycles. The molecular weight excluding hydrogens is 386 g/mol. The highest BCUT2D eigenvalue weighted by Gasteiger charge is 2.13. The van der Waals surface area contributed by atoms with Gasteiger partial charge in [-0.3, -0.25) is 14.9 Å². The molecule has 3 rings (SSSR count). The summed E-state index contributed by atoms with van der Waals surface area (Å²) in [7, 11) is 1.59. The summed E-state index contributed by atoms with van der Waals surface area (Å²) in [5.41, 5.74) is 1.29. The normalized spacial score (nSPS) is 11.9. The summed E-state index contributed by atoms with van der Waals surface area (Å²) in [5, 5.41) is 11.0. The molecule has 1 amide bonds. The molecule has 0 saturated carbocycles. The van der Waals surface area contributed by atoms with E-state index in [9.17, 15) is 14.9 Å². The van der Waals surface area contributed by atoms with E-state index in [1.165, 1.54) is 23.5 Å². The number of nitro benzene ring substituents is 1. The van der Waals surface area contributed by atoms with Crippen LogP contribution in [-0.4, -0.2) is 35.4 Å². The molecule has 0 fully saturated rings. The second-order valence-electron chi connectivity index (χ2n) is 5.58. The maximum Gasteiger partial charge on any atom is 0.279 e. The van der Waals surface area contributed by atoms with Gasteiger partial charge in [-0.05, 0) is 36.6 Å². The standard InChI is InChI=1S/C18H17N3O4S2/c1-25-10-9-20-15-8-5-13(21(23)24)11-16(15)27-18(20)19-17(22)12-3-6-14(26-2)7-4-12/h3-8,11H,9-10H2,1-2H3. The molecule has 0 aliphatic heterocycles. The van der Waals surface area contributed by atoms with Gasteiger partial charge in [0.05, 0.1) is 21.7 Å². The Balaban J connectivity index is 2.08. The molecule has 1 aromatic heterocycles. The van der Waals surface area contributed by atoms with E-state index in [1.807, 2.05) is 23.0 Å². The van der Waals surface area contributed by atoms with Crippen molar-refractivity contribution >= 4 is 44.9 Å². The lowest BCUT2D eigenvalue weighted by atomic mass is 10.2. The fourth-order valence-electron chi connectivity index (χ4n) is 2.54. The molecule has 3 aromatic rings. The van der Waals surface area contributed by atoms with Crippen LogP contribution in [0.4, 0.5) is 5.69 Å². The summed E-state index contributed by atoms with van der Waals surface area (Å²) >= 11 is 2.85. The predicted molar refractivity (Wildman–Crippen MR) is 106 cm³/mol. The zero-order chi connectivity index (χ0) is 19.4. The highest BCUT2D eigenvalue weighted by Crippen LogP contribution is 2.23. The van der Waals surface area contributed by atoms with Crippen molar-refractivity contribution in [3.63, 3.8) is 0 Å². The van der Waals surface area contributed by atoms with Crippen LogP contribution in [0.2, 0.25) is 0 Å². The average molecular weight is 403 g/mol. The third-order valence-corrected chi connectivity index (χ3v) is 5.72. The van der Waals surface area contributed by atoms with Gasteiger partial charge < -0.3 is 9.30 Å². The van der Waals surface area contributed by atoms with Gasteiger partial charge in [0.25, 0.3) is 11.6 Å². The summed E-state index contributed by atoms with van der Waals surface area (Å²) in [6.45, 7) is 0.929. The van der Waals surface area contributed by atoms with E-state index in [-0.39, 0.29) is 11.6 Å². The van der Waals surface area contributed by atoms with Crippen LogP contribution in [0.5, 0.6) is 0 Å². The average Bonchev–Trinajstić information content (AvgIpc) is 3.02. The number of thiazole rings is 1. The van der Waals surface area contributed by atoms with Gasteiger partial charge in [0.1, 0.15) is 0 Å². The number of nitrogens with zero attached hydrogens (tertiary/aromatic N) is 3. The van der Waals surface area contributed by atoms with Gasteiger partial charge in [-0.2, -0.15) is 4.99 Å². The van der Waals surface area contributed by atoms with Crippen molar-refractivity contribution in [2.45, 2.75) is 11.4 Å². The van der Waals surface area contributed by atoms with Gasteiger partial charge in [0.2, 0.25) is 0 Å². The Labute approximate surface area is 163 Å². The third kappa shape index (κ3) is 4.26. The zero-order valence-electron chi connectivity index (χ0n) is 14.7. The van der Waals surface area contributed by atoms with Crippen LogP contribution in [-0.2, 0) is 11.3 Å². The molecular formula is C18H17N3O4S2. The van der Waals surface area contributed by atoms with Crippen LogP contribution in [0, 0.1) is 10.1 Å². The molecule has 7 nitrogen and oxygen atoms in total. The molecule has 0 bridgehead atoms. The van der Waals surface area contributed by atoms with Crippen molar-refractivity contribution < 1.29 is 14.5 Å². The number of methoxy groups -OCH3 is 1. The van der Waals surface area contributed by atoms with Crippen molar-refractivity contribution in [3.8, 4) is 0 Å². The van der Waals surface area contributed by atoms with E-state index in [0.29, 0.717) is 28.2 Å². The second-order valence-corrected chi connectivity index (χ2v) is 7.47. The van der Waals surface area contributed by atoms with Crippen molar-refractivity contribution in [1.29, 1.82) is 0 Å². The summed E-state index contributed by atoms with van der Waals surface area (Å²) in [5.74, 6) is -0.352. The Morgan fingerprint density at radius 2 is 2.04 bits per heavy atom. The Morgan fingerprint density at radius 1 is 1.30 bits per heavy atom. The van der Waals surface area contributed by atoms with Gasteiger partial charge >= 0.3 is 0 Å². The number of ether oxygens (including phenoxy) is 1. The number of non-ortho nitro benzene ring substituents is 1. The Bertz CT molecular complexity index is 1050. The first-order chi connectivity index (χ1) is 13.0. The molecule has 0 aliphatic carbocycles. The lowest BCUT2D eigenvalue weighted by Gasteiger charge is -2.04. The van der Waals surface area contributed by atoms with E-state index in [1.54, 1.807) is 37.1 Å². The lowest BCUT2D eigenvalue weighted by Crippen LogP contribution is -2.19. The minimum absolute atomic E-state index is 0.00757. The van der Waals surface area contributed by atoms with Crippen LogP contribution in [0.15, 0.2) is 52.4 Å². The first kappa shape index (κ1) is 19.3. The Kier molecular flexibility index (Phi) is 6.04. The second kappa shape index (κ2) is 8.47. The SMILES string of the molecule is COCCn1c(=NC(=O)c2ccc(SC)cc2)sc2cc([N+](=O)[O-])ccc21. The van der Waals surface area contributed by atoms with Gasteiger partial charge in [-0.1, -0.05) is 11.3 Å². The number of aromatic nitrogens is 1. The largest absolute Gasteiger partial charge is 0.383 e. The predicted octanol–water partition coefficient (Wildman–Crippen LogP) is 3.72. The number of carbonyl (C=O) groups is 1. The molecule has 0 atom stereocenters. The Morgan fingerprint density at radius 3 is 2.67 bits per heavy atom. The van der Waals surface area contributed by atoms with Gasteiger partial charge in [0, 0.05) is 36.2 Å². The first-order valence-electron chi connectivity index (χ1n) is 8.03. The van der Waals surface area contributed by atoms with Crippen LogP contribution in [0.25, 0.3) is 10.2 Å². The van der Waals surface area contributed by atoms with Gasteiger partial charge in [-0.15, -0.1) is 11.8 Å². The molecule has 27 heavy (non-hydrogen) atoms. The number of hydrogen-bond acceptors (Lipinski definition) is 6. The lowest BCUT2D eigenvalue weighted by molar-refractivity contribution is -0.384. The summed E-state index contributed by atoms with van der Waals surface area (Å²) in [6, 6.07) is 11.9. The highest BCUT2D eigenvalue weighted by atomic mass is 32.2. The molecule has 0 unspecified atom stereocenters. The summed E-state index contributed by atoms with van der Waals surface area (Å²) in [6.07, 6.45) is 1.97. The Hall–Kier alpha value is -2.49. The van der Waals surface area contributed by atoms with Crippen molar-refractivity contribution in [2.24, 2.45) is 4.99 Å². The van der Waals surface area contributed by atoms with E-state index >= 15 is 0 Å². The van der Waals surface area contributed by atoms with Crippen LogP contribution >= 0.6 is 23.1 Å². The number of hydrogen-bond donors (Lipinski definition) is 0. The van der Waals surface area contributed by atoms with Gasteiger partial charge in [-0.25, -0.2) is 0 Å². The number of nitro groups is 1. The third-order valence-electron chi connectivity index (χ3n) is 3.93. The minimum Gasteiger partial charge on any atom is -0.383 e. The zero-order valence-corrected chi connectivity index (χ0v) is 16.4. The van der Waals surface area contributed by atoms with Crippen molar-refractivity contribution in [2.75, 3.05) is 20.0 Å². The molecule has 0 radical (unpaired) electrons. The number of benzene rings is 2. The number of rotatable bonds is 6. The molecule has 140 valence electrons. The van der Waals surface area contributed by atoms with Crippen LogP contribution in [0.3, 0.4) is 0 Å². The maximum atomic E-state index is 12.6. The molecule has 0 aliphatic rings. The number of fused-ring (bicyclic) bond motifs is 1. The maximum absolute atomic E-state index is 12.6. The molecule has 2 aromatic carbocycles. The first-order valence-corrected chi connectivity index (χ1v) is 10.1. The summed E-state index contributed by atoms with van der Waals surface area (Å²) < 4.78 is 7.69. The van der Waals surface area contributed by atoms with Crippen LogP contribution < -0.4 is 4.80 Å². The monoisotopic (exact) mass is 403 g/mol. The van der Waals surface area contributed by atoms with E-state index in [2.05, 4.69) is 4.99 Å². The smallest absolute Gasteiger partial charge is 0.279 e.